The number of imide groups is 1. The number of amides is 4. The lowest BCUT2D eigenvalue weighted by atomic mass is 10.2. The molecule has 146 valence electrons. The Morgan fingerprint density at radius 1 is 1.33 bits per heavy atom. The van der Waals surface area contributed by atoms with Crippen molar-refractivity contribution in [2.45, 2.75) is 20.0 Å². The number of aryl methyl sites for hydroxylation is 1. The van der Waals surface area contributed by atoms with Crippen LogP contribution in [0.4, 0.5) is 10.5 Å². The molecular weight excluding hydrogens is 378 g/mol. The van der Waals surface area contributed by atoms with Crippen molar-refractivity contribution in [3.63, 3.8) is 0 Å². The molecule has 1 aliphatic rings. The number of halogens is 1. The standard InChI is InChI=1S/C17H20ClN3O6/c1-9-5-12(13(26-4)6-11(9)18)19-16(24)10(2)27-15(23)8-21-14(22)7-20(3)17(21)25/h5-6,10H,7-8H2,1-4H3,(H,19,24)/t10-/m1/s1. The minimum atomic E-state index is -1.15. The van der Waals surface area contributed by atoms with Crippen LogP contribution < -0.4 is 10.1 Å². The molecule has 9 nitrogen and oxygen atoms in total. The summed E-state index contributed by atoms with van der Waals surface area (Å²) < 4.78 is 10.2. The van der Waals surface area contributed by atoms with Crippen LogP contribution in [-0.4, -0.2) is 67.0 Å². The van der Waals surface area contributed by atoms with Gasteiger partial charge in [0.1, 0.15) is 18.8 Å². The predicted molar refractivity (Wildman–Crippen MR) is 96.7 cm³/mol. The predicted octanol–water partition coefficient (Wildman–Crippen LogP) is 1.42. The van der Waals surface area contributed by atoms with E-state index in [1.807, 2.05) is 0 Å². The second-order valence-corrected chi connectivity index (χ2v) is 6.45. The molecule has 27 heavy (non-hydrogen) atoms. The Balaban J connectivity index is 1.98. The average Bonchev–Trinajstić information content (AvgIpc) is 2.83. The molecule has 0 radical (unpaired) electrons. The fraction of sp³-hybridized carbons (Fsp3) is 0.412. The Bertz CT molecular complexity index is 797. The van der Waals surface area contributed by atoms with Crippen LogP contribution in [0.1, 0.15) is 12.5 Å². The fourth-order valence-corrected chi connectivity index (χ4v) is 2.56. The van der Waals surface area contributed by atoms with Gasteiger partial charge in [-0.05, 0) is 25.5 Å². The molecular formula is C17H20ClN3O6. The molecule has 1 aromatic rings. The van der Waals surface area contributed by atoms with E-state index in [-0.39, 0.29) is 6.54 Å². The van der Waals surface area contributed by atoms with Crippen LogP contribution in [0, 0.1) is 6.92 Å². The molecule has 10 heteroatoms. The molecule has 0 spiro atoms. The largest absolute Gasteiger partial charge is 0.495 e. The molecule has 0 aliphatic carbocycles. The van der Waals surface area contributed by atoms with Crippen molar-refractivity contribution < 1.29 is 28.7 Å². The number of esters is 1. The summed E-state index contributed by atoms with van der Waals surface area (Å²) in [4.78, 5) is 49.7. The van der Waals surface area contributed by atoms with Crippen molar-refractivity contribution in [1.29, 1.82) is 0 Å². The van der Waals surface area contributed by atoms with Crippen molar-refractivity contribution >= 4 is 41.1 Å². The number of hydrogen-bond donors (Lipinski definition) is 1. The Morgan fingerprint density at radius 2 is 2.00 bits per heavy atom. The monoisotopic (exact) mass is 397 g/mol. The first kappa shape index (κ1) is 20.5. The number of rotatable bonds is 6. The van der Waals surface area contributed by atoms with Crippen molar-refractivity contribution in [2.75, 3.05) is 32.6 Å². The van der Waals surface area contributed by atoms with Crippen LogP contribution in [0.3, 0.4) is 0 Å². The van der Waals surface area contributed by atoms with E-state index in [9.17, 15) is 19.2 Å². The van der Waals surface area contributed by atoms with Gasteiger partial charge in [-0.25, -0.2) is 4.79 Å². The molecule has 4 amide bonds. The Morgan fingerprint density at radius 3 is 2.56 bits per heavy atom. The van der Waals surface area contributed by atoms with Crippen LogP contribution in [0.2, 0.25) is 5.02 Å². The SMILES string of the molecule is COc1cc(Cl)c(C)cc1NC(=O)[C@@H](C)OC(=O)CN1C(=O)CN(C)C1=O. The maximum atomic E-state index is 12.3. The molecule has 1 heterocycles. The van der Waals surface area contributed by atoms with Crippen LogP contribution in [0.5, 0.6) is 5.75 Å². The zero-order valence-corrected chi connectivity index (χ0v) is 16.1. The molecule has 1 atom stereocenters. The van der Waals surface area contributed by atoms with Gasteiger partial charge in [0, 0.05) is 18.1 Å². The number of carbonyl (C=O) groups is 4. The van der Waals surface area contributed by atoms with Crippen molar-refractivity contribution in [3.05, 3.63) is 22.7 Å². The molecule has 0 saturated carbocycles. The Labute approximate surface area is 161 Å². The van der Waals surface area contributed by atoms with Gasteiger partial charge in [0.15, 0.2) is 6.10 Å². The summed E-state index contributed by atoms with van der Waals surface area (Å²) in [6.45, 7) is 2.49. The number of methoxy groups -OCH3 is 1. The van der Waals surface area contributed by atoms with E-state index >= 15 is 0 Å². The van der Waals surface area contributed by atoms with Crippen LogP contribution >= 0.6 is 11.6 Å². The second kappa shape index (κ2) is 8.26. The lowest BCUT2D eigenvalue weighted by molar-refractivity contribution is -0.154. The van der Waals surface area contributed by atoms with Crippen molar-refractivity contribution in [3.8, 4) is 5.75 Å². The highest BCUT2D eigenvalue weighted by atomic mass is 35.5. The first-order valence-electron chi connectivity index (χ1n) is 8.04. The number of nitrogens with zero attached hydrogens (tertiary/aromatic N) is 2. The summed E-state index contributed by atoms with van der Waals surface area (Å²) in [6, 6.07) is 2.60. The molecule has 0 unspecified atom stereocenters. The van der Waals surface area contributed by atoms with Gasteiger partial charge >= 0.3 is 12.0 Å². The molecule has 1 aromatic carbocycles. The summed E-state index contributed by atoms with van der Waals surface area (Å²) >= 11 is 6.02. The minimum absolute atomic E-state index is 0.0993. The third-order valence-corrected chi connectivity index (χ3v) is 4.34. The van der Waals surface area contributed by atoms with Crippen molar-refractivity contribution in [1.82, 2.24) is 9.80 Å². The normalized spacial score (nSPS) is 15.0. The van der Waals surface area contributed by atoms with E-state index in [1.165, 1.54) is 26.0 Å². The smallest absolute Gasteiger partial charge is 0.327 e. The third kappa shape index (κ3) is 4.68. The first-order valence-corrected chi connectivity index (χ1v) is 8.41. The van der Waals surface area contributed by atoms with E-state index in [0.717, 1.165) is 10.5 Å². The summed E-state index contributed by atoms with van der Waals surface area (Å²) in [7, 11) is 2.88. The average molecular weight is 398 g/mol. The maximum absolute atomic E-state index is 12.3. The van der Waals surface area contributed by atoms with Gasteiger partial charge < -0.3 is 19.7 Å². The van der Waals surface area contributed by atoms with Gasteiger partial charge in [0.25, 0.3) is 11.8 Å². The number of urea groups is 1. The zero-order valence-electron chi connectivity index (χ0n) is 15.4. The number of nitrogens with one attached hydrogen (secondary N) is 1. The van der Waals surface area contributed by atoms with E-state index < -0.39 is 36.5 Å². The highest BCUT2D eigenvalue weighted by Gasteiger charge is 2.35. The fourth-order valence-electron chi connectivity index (χ4n) is 2.41. The number of ether oxygens (including phenoxy) is 2. The highest BCUT2D eigenvalue weighted by molar-refractivity contribution is 6.31. The molecule has 1 fully saturated rings. The van der Waals surface area contributed by atoms with E-state index in [4.69, 9.17) is 21.1 Å². The van der Waals surface area contributed by atoms with Crippen LogP contribution in [0.25, 0.3) is 0 Å². The van der Waals surface area contributed by atoms with Gasteiger partial charge in [-0.2, -0.15) is 0 Å². The van der Waals surface area contributed by atoms with Gasteiger partial charge in [-0.1, -0.05) is 11.6 Å². The third-order valence-electron chi connectivity index (χ3n) is 3.93. The topological polar surface area (TPSA) is 105 Å². The van der Waals surface area contributed by atoms with Crippen LogP contribution in [-0.2, 0) is 19.1 Å². The molecule has 1 N–H and O–H groups in total. The van der Waals surface area contributed by atoms with Gasteiger partial charge in [-0.3, -0.25) is 19.3 Å². The summed E-state index contributed by atoms with van der Waals surface area (Å²) in [5.74, 6) is -1.61. The highest BCUT2D eigenvalue weighted by Crippen LogP contribution is 2.31. The number of likely N-dealkylation sites (N-methyl/N-ethyl adjacent to an activating group) is 1. The number of hydrogen-bond acceptors (Lipinski definition) is 6. The van der Waals surface area contributed by atoms with Crippen LogP contribution in [0.15, 0.2) is 12.1 Å². The van der Waals surface area contributed by atoms with Crippen molar-refractivity contribution in [2.24, 2.45) is 0 Å². The molecule has 1 saturated heterocycles. The molecule has 1 aliphatic heterocycles. The minimum Gasteiger partial charge on any atom is -0.495 e. The summed E-state index contributed by atoms with van der Waals surface area (Å²) in [5.41, 5.74) is 1.10. The number of carbonyl (C=O) groups excluding carboxylic acids is 4. The van der Waals surface area contributed by atoms with E-state index in [0.29, 0.717) is 16.5 Å². The van der Waals surface area contributed by atoms with E-state index in [2.05, 4.69) is 5.32 Å². The van der Waals surface area contributed by atoms with Gasteiger partial charge in [0.2, 0.25) is 0 Å². The molecule has 0 bridgehead atoms. The van der Waals surface area contributed by atoms with Gasteiger partial charge in [-0.15, -0.1) is 0 Å². The summed E-state index contributed by atoms with van der Waals surface area (Å²) in [5, 5.41) is 3.08. The summed E-state index contributed by atoms with van der Waals surface area (Å²) in [6.07, 6.45) is -1.15. The molecule has 0 aromatic heterocycles. The van der Waals surface area contributed by atoms with E-state index in [1.54, 1.807) is 19.1 Å². The number of anilines is 1. The lowest BCUT2D eigenvalue weighted by Crippen LogP contribution is -2.39. The van der Waals surface area contributed by atoms with Gasteiger partial charge in [0.05, 0.1) is 12.8 Å². The Kier molecular flexibility index (Phi) is 6.27. The second-order valence-electron chi connectivity index (χ2n) is 6.04. The number of benzene rings is 1. The lowest BCUT2D eigenvalue weighted by Gasteiger charge is -2.18. The zero-order chi connectivity index (χ0) is 20.3. The Hall–Kier alpha value is -2.81. The maximum Gasteiger partial charge on any atom is 0.327 e. The first-order chi connectivity index (χ1) is 12.6. The quantitative estimate of drug-likeness (QED) is 0.575. The molecule has 2 rings (SSSR count).